The lowest BCUT2D eigenvalue weighted by Crippen LogP contribution is -2.22. The molecule has 0 radical (unpaired) electrons. The summed E-state index contributed by atoms with van der Waals surface area (Å²) in [5.41, 5.74) is 0.875. The standard InChI is InChI=1S/C6H8FN/c1-5-3-2-4-6(7)8-5/h2-4,6,8H,1H3. The SMILES string of the molecule is CC1=CC=CC(F)N1. The van der Waals surface area contributed by atoms with Crippen molar-refractivity contribution in [1.29, 1.82) is 0 Å². The van der Waals surface area contributed by atoms with Gasteiger partial charge in [-0.15, -0.1) is 0 Å². The Bertz CT molecular complexity index is 137. The fraction of sp³-hybridized carbons (Fsp3) is 0.333. The molecule has 1 unspecified atom stereocenters. The molecule has 0 saturated heterocycles. The van der Waals surface area contributed by atoms with Gasteiger partial charge in [-0.25, -0.2) is 4.39 Å². The summed E-state index contributed by atoms with van der Waals surface area (Å²) in [5.74, 6) is 0. The summed E-state index contributed by atoms with van der Waals surface area (Å²) >= 11 is 0. The van der Waals surface area contributed by atoms with Gasteiger partial charge in [0.2, 0.25) is 0 Å². The number of dihydropyridines is 1. The minimum absolute atomic E-state index is 0.875. The smallest absolute Gasteiger partial charge is 0.189 e. The Balaban J connectivity index is 2.59. The third-order valence-corrected chi connectivity index (χ3v) is 0.992. The summed E-state index contributed by atoms with van der Waals surface area (Å²) in [4.78, 5) is 0. The van der Waals surface area contributed by atoms with Crippen LogP contribution in [0.1, 0.15) is 6.92 Å². The first-order valence-electron chi connectivity index (χ1n) is 2.55. The normalized spacial score (nSPS) is 26.8. The largest absolute Gasteiger partial charge is 0.356 e. The number of allylic oxidation sites excluding steroid dienone is 3. The Kier molecular flexibility index (Phi) is 1.33. The zero-order valence-corrected chi connectivity index (χ0v) is 4.69. The van der Waals surface area contributed by atoms with Gasteiger partial charge >= 0.3 is 0 Å². The second-order valence-electron chi connectivity index (χ2n) is 1.78. The minimum atomic E-state index is -0.986. The number of nitrogens with one attached hydrogen (secondary N) is 1. The van der Waals surface area contributed by atoms with E-state index in [0.717, 1.165) is 5.70 Å². The number of alkyl halides is 1. The Hall–Kier alpha value is -0.790. The Morgan fingerprint density at radius 1 is 1.75 bits per heavy atom. The molecule has 1 aliphatic rings. The van der Waals surface area contributed by atoms with Crippen LogP contribution in [0, 0.1) is 0 Å². The van der Waals surface area contributed by atoms with Gasteiger partial charge in [-0.1, -0.05) is 6.08 Å². The fourth-order valence-electron chi connectivity index (χ4n) is 0.611. The van der Waals surface area contributed by atoms with Gasteiger partial charge in [0.25, 0.3) is 0 Å². The Morgan fingerprint density at radius 3 is 2.88 bits per heavy atom. The fourth-order valence-corrected chi connectivity index (χ4v) is 0.611. The second-order valence-corrected chi connectivity index (χ2v) is 1.78. The first kappa shape index (κ1) is 5.35. The van der Waals surface area contributed by atoms with Crippen molar-refractivity contribution in [3.63, 3.8) is 0 Å². The van der Waals surface area contributed by atoms with Crippen molar-refractivity contribution < 1.29 is 4.39 Å². The maximum absolute atomic E-state index is 12.2. The van der Waals surface area contributed by atoms with E-state index in [1.54, 1.807) is 6.08 Å². The molecule has 2 heteroatoms. The number of hydrogen-bond acceptors (Lipinski definition) is 1. The maximum atomic E-state index is 12.2. The molecule has 44 valence electrons. The lowest BCUT2D eigenvalue weighted by atomic mass is 10.3. The maximum Gasteiger partial charge on any atom is 0.189 e. The summed E-state index contributed by atoms with van der Waals surface area (Å²) in [6.45, 7) is 1.83. The number of halogens is 1. The monoisotopic (exact) mass is 113 g/mol. The van der Waals surface area contributed by atoms with Crippen molar-refractivity contribution in [2.45, 2.75) is 13.2 Å². The highest BCUT2D eigenvalue weighted by atomic mass is 19.1. The summed E-state index contributed by atoms with van der Waals surface area (Å²) in [6.07, 6.45) is 4.01. The van der Waals surface area contributed by atoms with Crippen LogP contribution >= 0.6 is 0 Å². The molecule has 1 nitrogen and oxygen atoms in total. The molecule has 0 fully saturated rings. The molecule has 0 bridgehead atoms. The molecular weight excluding hydrogens is 105 g/mol. The van der Waals surface area contributed by atoms with E-state index in [0.29, 0.717) is 0 Å². The van der Waals surface area contributed by atoms with Crippen molar-refractivity contribution in [3.05, 3.63) is 23.9 Å². The van der Waals surface area contributed by atoms with E-state index in [1.165, 1.54) is 6.08 Å². The van der Waals surface area contributed by atoms with Crippen LogP contribution < -0.4 is 5.32 Å². The first-order chi connectivity index (χ1) is 3.79. The lowest BCUT2D eigenvalue weighted by molar-refractivity contribution is 0.355. The van der Waals surface area contributed by atoms with Crippen LogP contribution in [0.4, 0.5) is 4.39 Å². The van der Waals surface area contributed by atoms with Crippen LogP contribution in [0.15, 0.2) is 23.9 Å². The molecule has 1 heterocycles. The molecule has 0 saturated carbocycles. The van der Waals surface area contributed by atoms with E-state index >= 15 is 0 Å². The van der Waals surface area contributed by atoms with Crippen LogP contribution in [-0.2, 0) is 0 Å². The van der Waals surface area contributed by atoms with Crippen molar-refractivity contribution >= 4 is 0 Å². The van der Waals surface area contributed by atoms with Crippen LogP contribution in [0.2, 0.25) is 0 Å². The van der Waals surface area contributed by atoms with Gasteiger partial charge in [0.05, 0.1) is 0 Å². The third kappa shape index (κ3) is 1.09. The third-order valence-electron chi connectivity index (χ3n) is 0.992. The molecule has 0 aliphatic carbocycles. The zero-order valence-electron chi connectivity index (χ0n) is 4.69. The molecule has 0 aromatic rings. The van der Waals surface area contributed by atoms with E-state index in [1.807, 2.05) is 13.0 Å². The lowest BCUT2D eigenvalue weighted by Gasteiger charge is -2.10. The van der Waals surface area contributed by atoms with Crippen LogP contribution in [-0.4, -0.2) is 6.30 Å². The summed E-state index contributed by atoms with van der Waals surface area (Å²) < 4.78 is 12.2. The summed E-state index contributed by atoms with van der Waals surface area (Å²) in [7, 11) is 0. The van der Waals surface area contributed by atoms with Gasteiger partial charge in [-0.2, -0.15) is 0 Å². The van der Waals surface area contributed by atoms with E-state index < -0.39 is 6.30 Å². The molecule has 1 rings (SSSR count). The molecule has 1 aliphatic heterocycles. The highest BCUT2D eigenvalue weighted by molar-refractivity contribution is 5.16. The summed E-state index contributed by atoms with van der Waals surface area (Å²) in [5, 5.41) is 2.59. The highest BCUT2D eigenvalue weighted by Gasteiger charge is 2.01. The van der Waals surface area contributed by atoms with Gasteiger partial charge in [0.1, 0.15) is 0 Å². The zero-order chi connectivity index (χ0) is 5.98. The van der Waals surface area contributed by atoms with Crippen LogP contribution in [0.5, 0.6) is 0 Å². The predicted molar refractivity (Wildman–Crippen MR) is 30.9 cm³/mol. The Labute approximate surface area is 47.9 Å². The molecule has 0 spiro atoms. The minimum Gasteiger partial charge on any atom is -0.356 e. The molecule has 0 aromatic heterocycles. The molecule has 0 aromatic carbocycles. The van der Waals surface area contributed by atoms with Gasteiger partial charge in [0.15, 0.2) is 6.30 Å². The van der Waals surface area contributed by atoms with Gasteiger partial charge in [-0.3, -0.25) is 0 Å². The molecule has 8 heavy (non-hydrogen) atoms. The predicted octanol–water partition coefficient (Wildman–Crippen LogP) is 1.35. The van der Waals surface area contributed by atoms with Gasteiger partial charge < -0.3 is 5.32 Å². The average Bonchev–Trinajstić information content (AvgIpc) is 1.64. The van der Waals surface area contributed by atoms with Crippen molar-refractivity contribution in [2.24, 2.45) is 0 Å². The average molecular weight is 113 g/mol. The first-order valence-corrected chi connectivity index (χ1v) is 2.55. The van der Waals surface area contributed by atoms with Gasteiger partial charge in [-0.05, 0) is 19.1 Å². The molecular formula is C6H8FN. The molecule has 1 N–H and O–H groups in total. The highest BCUT2D eigenvalue weighted by Crippen LogP contribution is 2.00. The van der Waals surface area contributed by atoms with E-state index in [4.69, 9.17) is 0 Å². The molecule has 0 amide bonds. The van der Waals surface area contributed by atoms with Gasteiger partial charge in [0, 0.05) is 5.70 Å². The van der Waals surface area contributed by atoms with E-state index in [9.17, 15) is 4.39 Å². The quantitative estimate of drug-likeness (QED) is 0.467. The van der Waals surface area contributed by atoms with Crippen molar-refractivity contribution in [3.8, 4) is 0 Å². The number of hydrogen-bond donors (Lipinski definition) is 1. The molecule has 1 atom stereocenters. The number of rotatable bonds is 0. The second kappa shape index (κ2) is 1.99. The van der Waals surface area contributed by atoms with Crippen molar-refractivity contribution in [1.82, 2.24) is 5.32 Å². The van der Waals surface area contributed by atoms with E-state index in [2.05, 4.69) is 5.32 Å². The van der Waals surface area contributed by atoms with E-state index in [-0.39, 0.29) is 0 Å². The van der Waals surface area contributed by atoms with Crippen LogP contribution in [0.3, 0.4) is 0 Å². The summed E-state index contributed by atoms with van der Waals surface area (Å²) in [6, 6.07) is 0. The topological polar surface area (TPSA) is 12.0 Å². The van der Waals surface area contributed by atoms with Crippen molar-refractivity contribution in [2.75, 3.05) is 0 Å². The van der Waals surface area contributed by atoms with Crippen LogP contribution in [0.25, 0.3) is 0 Å². The Morgan fingerprint density at radius 2 is 2.50 bits per heavy atom.